The summed E-state index contributed by atoms with van der Waals surface area (Å²) in [7, 11) is -11.6. The van der Waals surface area contributed by atoms with E-state index < -0.39 is 46.1 Å². The molecule has 16 heteroatoms. The molecule has 0 rings (SSSR count). The van der Waals surface area contributed by atoms with Gasteiger partial charge in [0.05, 0.1) is 6.42 Å². The van der Waals surface area contributed by atoms with Gasteiger partial charge in [0, 0.05) is 38.9 Å². The lowest BCUT2D eigenvalue weighted by molar-refractivity contribution is -0.138. The van der Waals surface area contributed by atoms with Crippen LogP contribution in [0.5, 0.6) is 0 Å². The van der Waals surface area contributed by atoms with Crippen molar-refractivity contribution in [3.05, 3.63) is 0 Å². The van der Waals surface area contributed by atoms with E-state index in [0.717, 1.165) is 0 Å². The first-order chi connectivity index (χ1) is 16.6. The Labute approximate surface area is 254 Å². The monoisotopic (exact) mass is 662 g/mol. The van der Waals surface area contributed by atoms with Gasteiger partial charge < -0.3 is 42.1 Å². The number of carboxylic acids is 1. The predicted molar refractivity (Wildman–Crippen MR) is 174 cm³/mol. The molecular weight excluding hydrogens is 601 g/mol. The van der Waals surface area contributed by atoms with Crippen LogP contribution in [0.15, 0.2) is 0 Å². The number of rotatable bonds is 19. The summed E-state index contributed by atoms with van der Waals surface area (Å²) in [5.41, 5.74) is 0. The fraction of sp³-hybridized carbons (Fsp3) is 0.840. The highest BCUT2D eigenvalue weighted by molar-refractivity contribution is 6.87. The van der Waals surface area contributed by atoms with Crippen molar-refractivity contribution in [2.45, 2.75) is 121 Å². The van der Waals surface area contributed by atoms with Crippen LogP contribution < -0.4 is 5.32 Å². The summed E-state index contributed by atoms with van der Waals surface area (Å²) >= 11 is 0. The van der Waals surface area contributed by atoms with Gasteiger partial charge in [0.25, 0.3) is 0 Å². The van der Waals surface area contributed by atoms with Crippen LogP contribution in [0, 0.1) is 0 Å². The smallest absolute Gasteiger partial charge is 0.320 e. The number of carboxylic acid groups (broad SMARTS) is 1. The average molecular weight is 663 g/mol. The van der Waals surface area contributed by atoms with Crippen LogP contribution in [-0.2, 0) is 31.5 Å². The third-order valence-corrected chi connectivity index (χ3v) is 17.4. The summed E-state index contributed by atoms with van der Waals surface area (Å²) in [4.78, 5) is 68.9. The molecule has 0 aliphatic carbocycles. The molecule has 0 aliphatic heterocycles. The Morgan fingerprint density at radius 1 is 0.732 bits per heavy atom. The minimum absolute atomic E-state index is 0. The van der Waals surface area contributed by atoms with Gasteiger partial charge in [-0.15, -0.1) is 0 Å². The molecule has 1 atom stereocenters. The molecule has 1 unspecified atom stereocenters. The van der Waals surface area contributed by atoms with E-state index in [9.17, 15) is 28.8 Å². The Kier molecular flexibility index (Phi) is 25.8. The molecular formula is C25H62N2O10Si4. The summed E-state index contributed by atoms with van der Waals surface area (Å²) in [6.45, 7) is 14.2. The van der Waals surface area contributed by atoms with Gasteiger partial charge in [-0.3, -0.25) is 14.4 Å². The zero-order valence-electron chi connectivity index (χ0n) is 23.5. The maximum Gasteiger partial charge on any atom is 0.320 e. The number of hydrogen-bond donors (Lipinski definition) is 4. The van der Waals surface area contributed by atoms with E-state index >= 15 is 0 Å². The van der Waals surface area contributed by atoms with E-state index in [2.05, 4.69) is 5.32 Å². The Morgan fingerprint density at radius 3 is 1.68 bits per heavy atom. The van der Waals surface area contributed by atoms with Crippen molar-refractivity contribution in [2.24, 2.45) is 0 Å². The molecule has 0 fully saturated rings. The van der Waals surface area contributed by atoms with Crippen molar-refractivity contribution in [3.63, 3.8) is 0 Å². The Balaban J connectivity index is -0.00000108. The predicted octanol–water partition coefficient (Wildman–Crippen LogP) is 4.31. The van der Waals surface area contributed by atoms with Crippen molar-refractivity contribution in [3.8, 4) is 0 Å². The molecule has 2 amide bonds. The number of Topliss-reactive ketones (excluding diaryl/α,β-unsaturated/α-hetero) is 1. The second-order valence-electron chi connectivity index (χ2n) is 10.7. The number of amides is 2. The minimum Gasteiger partial charge on any atom is -0.481 e. The molecule has 0 heterocycles. The number of carbonyl (C=O) groups is 4. The van der Waals surface area contributed by atoms with Crippen LogP contribution in [0.3, 0.4) is 0 Å². The topological polar surface area (TPSA) is 172 Å². The van der Waals surface area contributed by atoms with Crippen molar-refractivity contribution in [2.75, 3.05) is 19.6 Å². The van der Waals surface area contributed by atoms with Crippen LogP contribution >= 0.6 is 0 Å². The van der Waals surface area contributed by atoms with E-state index in [1.165, 1.54) is 6.92 Å². The lowest BCUT2D eigenvalue weighted by Gasteiger charge is -2.40. The Bertz CT molecular complexity index is 789. The van der Waals surface area contributed by atoms with Crippen molar-refractivity contribution in [1.29, 1.82) is 0 Å². The average Bonchev–Trinajstić information content (AvgIpc) is 2.65. The fourth-order valence-corrected chi connectivity index (χ4v) is 19.7. The number of carbonyl (C=O) groups excluding carboxylic acids is 3. The van der Waals surface area contributed by atoms with Crippen LogP contribution in [-0.4, -0.2) is 97.0 Å². The first kappa shape index (κ1) is 49.4. The molecule has 12 nitrogen and oxygen atoms in total. The number of aliphatic carboxylic acids is 1. The standard InChI is InChI=1S/C21H46N2O10Si4.4CH4/c1-18(24)10-12-20(26)23(16-14-22-19(25)11-13-21(27)28)15-9-17-37(8,32-35(4,5)30)33-36(6,7)31-34(2,3)29;;;;/h29-30H,9-17H2,1-8H3,(H,22,25)(H,27,28);4*1H4. The molecule has 0 saturated heterocycles. The number of hydrogen-bond acceptors (Lipinski definition) is 9. The Hall–Kier alpha value is -1.25. The Morgan fingerprint density at radius 2 is 1.24 bits per heavy atom. The lowest BCUT2D eigenvalue weighted by atomic mass is 10.2. The van der Waals surface area contributed by atoms with Gasteiger partial charge in [-0.2, -0.15) is 0 Å². The van der Waals surface area contributed by atoms with E-state index in [4.69, 9.17) is 17.5 Å². The van der Waals surface area contributed by atoms with Crippen molar-refractivity contribution >= 4 is 57.8 Å². The number of nitrogens with one attached hydrogen (secondary N) is 1. The molecule has 0 spiro atoms. The van der Waals surface area contributed by atoms with E-state index in [1.807, 2.05) is 19.6 Å². The molecule has 0 aliphatic rings. The highest BCUT2D eigenvalue weighted by Gasteiger charge is 2.45. The first-order valence-electron chi connectivity index (χ1n) is 12.4. The van der Waals surface area contributed by atoms with Crippen LogP contribution in [0.25, 0.3) is 0 Å². The minimum atomic E-state index is -2.99. The normalized spacial score (nSPS) is 12.7. The summed E-state index contributed by atoms with van der Waals surface area (Å²) in [6, 6.07) is 0.443. The lowest BCUT2D eigenvalue weighted by Crippen LogP contribution is -2.58. The summed E-state index contributed by atoms with van der Waals surface area (Å²) < 4.78 is 18.4. The number of ketones is 1. The third kappa shape index (κ3) is 27.3. The molecule has 41 heavy (non-hydrogen) atoms. The molecule has 0 aromatic heterocycles. The quantitative estimate of drug-likeness (QED) is 0.146. The highest BCUT2D eigenvalue weighted by atomic mass is 28.5. The van der Waals surface area contributed by atoms with E-state index in [0.29, 0.717) is 19.0 Å². The summed E-state index contributed by atoms with van der Waals surface area (Å²) in [6.07, 6.45) is 0.213. The molecule has 0 aromatic rings. The van der Waals surface area contributed by atoms with Gasteiger partial charge in [0.1, 0.15) is 5.78 Å². The van der Waals surface area contributed by atoms with Gasteiger partial charge in [-0.1, -0.05) is 29.7 Å². The van der Waals surface area contributed by atoms with E-state index in [1.54, 1.807) is 31.1 Å². The summed E-state index contributed by atoms with van der Waals surface area (Å²) in [5.74, 6) is -1.82. The largest absolute Gasteiger partial charge is 0.481 e. The van der Waals surface area contributed by atoms with Crippen molar-refractivity contribution < 1.29 is 46.2 Å². The highest BCUT2D eigenvalue weighted by Crippen LogP contribution is 2.27. The molecule has 0 aromatic carbocycles. The van der Waals surface area contributed by atoms with Crippen LogP contribution in [0.1, 0.15) is 68.7 Å². The number of nitrogens with zero attached hydrogens (tertiary/aromatic N) is 1. The van der Waals surface area contributed by atoms with Gasteiger partial charge in [0.15, 0.2) is 0 Å². The molecule has 0 radical (unpaired) electrons. The van der Waals surface area contributed by atoms with E-state index in [-0.39, 0.29) is 80.2 Å². The second kappa shape index (κ2) is 21.4. The molecule has 0 saturated carbocycles. The maximum atomic E-state index is 12.8. The van der Waals surface area contributed by atoms with Crippen molar-refractivity contribution in [1.82, 2.24) is 10.2 Å². The summed E-state index contributed by atoms with van der Waals surface area (Å²) in [5, 5.41) is 11.3. The zero-order valence-corrected chi connectivity index (χ0v) is 27.5. The van der Waals surface area contributed by atoms with Crippen LogP contribution in [0.2, 0.25) is 51.9 Å². The van der Waals surface area contributed by atoms with Gasteiger partial charge in [0.2, 0.25) is 11.8 Å². The zero-order chi connectivity index (χ0) is 29.1. The van der Waals surface area contributed by atoms with Gasteiger partial charge >= 0.3 is 40.2 Å². The molecule has 0 bridgehead atoms. The third-order valence-electron chi connectivity index (χ3n) is 4.80. The van der Waals surface area contributed by atoms with Crippen LogP contribution in [0.4, 0.5) is 0 Å². The maximum absolute atomic E-state index is 12.8. The van der Waals surface area contributed by atoms with Gasteiger partial charge in [-0.25, -0.2) is 0 Å². The second-order valence-corrected chi connectivity index (χ2v) is 24.5. The molecule has 4 N–H and O–H groups in total. The first-order valence-corrected chi connectivity index (χ1v) is 23.5. The fourth-order valence-electron chi connectivity index (χ4n) is 3.83. The molecule has 248 valence electrons. The van der Waals surface area contributed by atoms with Gasteiger partial charge in [-0.05, 0) is 65.2 Å². The SMILES string of the molecule is C.C.C.C.CC(=O)CCC(=O)N(CCC[Si](C)(O[Si](C)(C)O)O[Si](C)(C)O[Si](C)(C)O)CCNC(=O)CCC(=O)O.